The highest BCUT2D eigenvalue weighted by Crippen LogP contribution is 2.47. The van der Waals surface area contributed by atoms with Crippen molar-refractivity contribution in [1.82, 2.24) is 0 Å². The molecule has 1 atom stereocenters. The van der Waals surface area contributed by atoms with Gasteiger partial charge in [0, 0.05) is 40.9 Å². The fraction of sp³-hybridized carbons (Fsp3) is 0.245. The summed E-state index contributed by atoms with van der Waals surface area (Å²) in [5.74, 6) is 0. The summed E-state index contributed by atoms with van der Waals surface area (Å²) < 4.78 is 0. The number of allylic oxidation sites excluding steroid dienone is 4. The Morgan fingerprint density at radius 1 is 0.589 bits per heavy atom. The standard InChI is InChI=1S/C29H38N2.C18H15B.C6H6/c1-20-17-24(25(30-6)18-21(20)2)29(5)16-10-11-22(19-29)14-15-27-28(3,4)23-12-8-9-13-26(23)31(27)7;1-4-10-16(11-5-1)19(17-12-6-2-7-13-17)18-14-8-3-9-15-18;1-2-4-6-5-3-1/h8-9,12-15,17-18,30H,10-11,16,19H2,1-7H3;1-15H;1-6H/p+1/b22-14-,27-15-;;. The molecule has 2 aliphatic rings. The average Bonchev–Trinajstić information content (AvgIpc) is 3.43. The molecule has 0 saturated heterocycles. The van der Waals surface area contributed by atoms with E-state index in [4.69, 9.17) is 0 Å². The SMILES string of the molecule is C[NH2+]c1cc(C)c(C)cc1C1(C)CCC/C(=C/C=C2\N(C)c3ccccc3C2(C)C)C1.c1ccc(B(c2ccccc2)c2ccccc2)cc1.c1ccccc1. The second-order valence-electron chi connectivity index (χ2n) is 16.3. The molecule has 2 nitrogen and oxygen atoms in total. The summed E-state index contributed by atoms with van der Waals surface area (Å²) in [6, 6.07) is 57.7. The third-order valence-corrected chi connectivity index (χ3v) is 12.0. The largest absolute Gasteiger partial charge is 0.347 e. The number of benzene rings is 6. The van der Waals surface area contributed by atoms with Gasteiger partial charge in [-0.15, -0.1) is 0 Å². The number of rotatable bonds is 6. The monoisotopic (exact) mass is 735 g/mol. The van der Waals surface area contributed by atoms with Gasteiger partial charge in [0.25, 0.3) is 0 Å². The van der Waals surface area contributed by atoms with E-state index in [1.807, 2.05) is 36.4 Å². The van der Waals surface area contributed by atoms with Gasteiger partial charge in [-0.3, -0.25) is 0 Å². The molecule has 284 valence electrons. The van der Waals surface area contributed by atoms with E-state index in [9.17, 15) is 0 Å². The number of hydrogen-bond acceptors (Lipinski definition) is 1. The molecule has 0 bridgehead atoms. The lowest BCUT2D eigenvalue weighted by Gasteiger charge is -2.36. The number of aryl methyl sites for hydroxylation is 2. The number of quaternary nitrogens is 1. The Labute approximate surface area is 338 Å². The Morgan fingerprint density at radius 2 is 1.05 bits per heavy atom. The first-order chi connectivity index (χ1) is 27.1. The van der Waals surface area contributed by atoms with Gasteiger partial charge in [-0.1, -0.05) is 194 Å². The van der Waals surface area contributed by atoms with Gasteiger partial charge >= 0.3 is 0 Å². The summed E-state index contributed by atoms with van der Waals surface area (Å²) in [5.41, 5.74) is 15.7. The Hall–Kier alpha value is -5.38. The summed E-state index contributed by atoms with van der Waals surface area (Å²) in [7, 11) is 4.39. The molecule has 1 heterocycles. The highest BCUT2D eigenvalue weighted by atomic mass is 15.2. The molecule has 1 aliphatic heterocycles. The molecule has 1 aliphatic carbocycles. The van der Waals surface area contributed by atoms with Crippen LogP contribution < -0.4 is 26.6 Å². The first kappa shape index (κ1) is 40.3. The molecular weight excluding hydrogens is 675 g/mol. The van der Waals surface area contributed by atoms with E-state index < -0.39 is 0 Å². The van der Waals surface area contributed by atoms with Crippen molar-refractivity contribution in [3.05, 3.63) is 209 Å². The minimum atomic E-state index is 0.0405. The van der Waals surface area contributed by atoms with Crippen molar-refractivity contribution < 1.29 is 5.32 Å². The molecule has 1 saturated carbocycles. The van der Waals surface area contributed by atoms with Gasteiger partial charge in [-0.05, 0) is 74.4 Å². The highest BCUT2D eigenvalue weighted by Gasteiger charge is 2.38. The first-order valence-corrected chi connectivity index (χ1v) is 20.4. The molecule has 1 unspecified atom stereocenters. The fourth-order valence-corrected chi connectivity index (χ4v) is 8.75. The lowest BCUT2D eigenvalue weighted by molar-refractivity contribution is -0.540. The molecule has 3 heteroatoms. The number of para-hydroxylation sites is 1. The van der Waals surface area contributed by atoms with Crippen molar-refractivity contribution in [2.24, 2.45) is 0 Å². The third kappa shape index (κ3) is 9.35. The average molecular weight is 736 g/mol. The van der Waals surface area contributed by atoms with Crippen LogP contribution in [0.3, 0.4) is 0 Å². The maximum Gasteiger partial charge on any atom is 0.241 e. The van der Waals surface area contributed by atoms with Crippen LogP contribution in [-0.4, -0.2) is 20.8 Å². The van der Waals surface area contributed by atoms with E-state index in [0.29, 0.717) is 6.71 Å². The summed E-state index contributed by atoms with van der Waals surface area (Å²) in [4.78, 5) is 2.38. The van der Waals surface area contributed by atoms with Crippen LogP contribution in [0.2, 0.25) is 0 Å². The van der Waals surface area contributed by atoms with Gasteiger partial charge in [0.15, 0.2) is 0 Å². The third-order valence-electron chi connectivity index (χ3n) is 12.0. The molecule has 8 rings (SSSR count). The van der Waals surface area contributed by atoms with E-state index >= 15 is 0 Å². The summed E-state index contributed by atoms with van der Waals surface area (Å²) in [5, 5.41) is 2.29. The van der Waals surface area contributed by atoms with Gasteiger partial charge in [-0.25, -0.2) is 0 Å². The topological polar surface area (TPSA) is 19.9 Å². The zero-order valence-electron chi connectivity index (χ0n) is 34.7. The number of fused-ring (bicyclic) bond motifs is 1. The predicted molar refractivity (Wildman–Crippen MR) is 244 cm³/mol. The minimum absolute atomic E-state index is 0.0405. The molecule has 56 heavy (non-hydrogen) atoms. The maximum atomic E-state index is 2.48. The Balaban J connectivity index is 0.000000178. The molecule has 0 spiro atoms. The van der Waals surface area contributed by atoms with Crippen LogP contribution in [0.5, 0.6) is 0 Å². The van der Waals surface area contributed by atoms with Crippen LogP contribution >= 0.6 is 0 Å². The van der Waals surface area contributed by atoms with Crippen LogP contribution in [0.4, 0.5) is 11.4 Å². The van der Waals surface area contributed by atoms with Crippen LogP contribution in [0, 0.1) is 13.8 Å². The smallest absolute Gasteiger partial charge is 0.241 e. The second-order valence-corrected chi connectivity index (χ2v) is 16.3. The van der Waals surface area contributed by atoms with E-state index in [2.05, 4.69) is 198 Å². The van der Waals surface area contributed by atoms with Crippen LogP contribution in [-0.2, 0) is 10.8 Å². The number of likely N-dealkylation sites (N-methyl/N-ethyl adjacent to an activating group) is 1. The van der Waals surface area contributed by atoms with Crippen molar-refractivity contribution >= 4 is 34.5 Å². The zero-order valence-corrected chi connectivity index (χ0v) is 34.7. The minimum Gasteiger partial charge on any atom is -0.347 e. The summed E-state index contributed by atoms with van der Waals surface area (Å²) >= 11 is 0. The Kier molecular flexibility index (Phi) is 13.3. The quantitative estimate of drug-likeness (QED) is 0.133. The van der Waals surface area contributed by atoms with Gasteiger partial charge in [0.2, 0.25) is 6.71 Å². The zero-order chi connectivity index (χ0) is 39.5. The molecule has 0 radical (unpaired) electrons. The highest BCUT2D eigenvalue weighted by molar-refractivity contribution is 6.95. The molecular formula is C53H60BN2+. The number of nitrogens with zero attached hydrogens (tertiary/aromatic N) is 1. The molecule has 0 amide bonds. The van der Waals surface area contributed by atoms with E-state index in [0.717, 1.165) is 6.42 Å². The normalized spacial score (nSPS) is 18.3. The molecule has 1 fully saturated rings. The van der Waals surface area contributed by atoms with Crippen molar-refractivity contribution in [3.8, 4) is 0 Å². The Morgan fingerprint density at radius 3 is 1.55 bits per heavy atom. The van der Waals surface area contributed by atoms with Gasteiger partial charge in [-0.2, -0.15) is 0 Å². The molecule has 2 N–H and O–H groups in total. The molecule has 6 aromatic rings. The van der Waals surface area contributed by atoms with Crippen LogP contribution in [0.15, 0.2) is 187 Å². The van der Waals surface area contributed by atoms with Crippen LogP contribution in [0.25, 0.3) is 0 Å². The second kappa shape index (κ2) is 18.5. The van der Waals surface area contributed by atoms with Crippen molar-refractivity contribution in [3.63, 3.8) is 0 Å². The van der Waals surface area contributed by atoms with Gasteiger partial charge in [0.1, 0.15) is 5.69 Å². The summed E-state index contributed by atoms with van der Waals surface area (Å²) in [6.45, 7) is 12.0. The maximum absolute atomic E-state index is 2.48. The predicted octanol–water partition coefficient (Wildman–Crippen LogP) is 10.1. The van der Waals surface area contributed by atoms with Crippen molar-refractivity contribution in [2.75, 3.05) is 19.0 Å². The Bertz CT molecular complexity index is 2090. The van der Waals surface area contributed by atoms with Gasteiger partial charge in [0.05, 0.1) is 7.05 Å². The molecule has 6 aromatic carbocycles. The number of nitrogens with two attached hydrogens (primary N) is 1. The van der Waals surface area contributed by atoms with E-state index in [-0.39, 0.29) is 10.8 Å². The van der Waals surface area contributed by atoms with Crippen molar-refractivity contribution in [1.29, 1.82) is 0 Å². The lowest BCUT2D eigenvalue weighted by Crippen LogP contribution is -2.73. The summed E-state index contributed by atoms with van der Waals surface area (Å²) in [6.07, 6.45) is 9.73. The fourth-order valence-electron chi connectivity index (χ4n) is 8.75. The molecule has 0 aromatic heterocycles. The van der Waals surface area contributed by atoms with E-state index in [1.54, 1.807) is 5.57 Å². The first-order valence-electron chi connectivity index (χ1n) is 20.4. The number of anilines is 1. The lowest BCUT2D eigenvalue weighted by atomic mass is 9.37. The van der Waals surface area contributed by atoms with E-state index in [1.165, 1.54) is 75.0 Å². The van der Waals surface area contributed by atoms with Crippen LogP contribution in [0.1, 0.15) is 68.7 Å². The number of hydrogen-bond donors (Lipinski definition) is 1. The van der Waals surface area contributed by atoms with Crippen molar-refractivity contribution in [2.45, 2.75) is 71.1 Å². The van der Waals surface area contributed by atoms with Gasteiger partial charge < -0.3 is 10.2 Å².